The van der Waals surface area contributed by atoms with Crippen LogP contribution >= 0.6 is 0 Å². The predicted molar refractivity (Wildman–Crippen MR) is 113 cm³/mol. The molecule has 0 spiro atoms. The minimum atomic E-state index is -0.654. The van der Waals surface area contributed by atoms with Crippen LogP contribution in [0.15, 0.2) is 71.4 Å². The number of aromatic nitrogens is 1. The zero-order valence-corrected chi connectivity index (χ0v) is 16.5. The molecule has 0 unspecified atom stereocenters. The van der Waals surface area contributed by atoms with Gasteiger partial charge in [0.15, 0.2) is 12.3 Å². The summed E-state index contributed by atoms with van der Waals surface area (Å²) in [5.41, 5.74) is 2.02. The number of aryl methyl sites for hydroxylation is 1. The molecule has 3 aromatic rings. The van der Waals surface area contributed by atoms with Gasteiger partial charge in [0.1, 0.15) is 12.3 Å². The van der Waals surface area contributed by atoms with E-state index in [0.29, 0.717) is 17.7 Å². The second kappa shape index (κ2) is 9.51. The summed E-state index contributed by atoms with van der Waals surface area (Å²) >= 11 is 0. The van der Waals surface area contributed by atoms with Crippen LogP contribution in [0.2, 0.25) is 0 Å². The molecule has 1 heterocycles. The summed E-state index contributed by atoms with van der Waals surface area (Å²) in [4.78, 5) is 23.8. The number of hydrogen-bond acceptors (Lipinski definition) is 5. The summed E-state index contributed by atoms with van der Waals surface area (Å²) in [6.45, 7) is 5.46. The van der Waals surface area contributed by atoms with Crippen LogP contribution in [-0.4, -0.2) is 34.6 Å². The third-order valence-corrected chi connectivity index (χ3v) is 4.32. The lowest BCUT2D eigenvalue weighted by Gasteiger charge is -2.06. The van der Waals surface area contributed by atoms with E-state index in [2.05, 4.69) is 22.1 Å². The van der Waals surface area contributed by atoms with Crippen LogP contribution in [0.3, 0.4) is 0 Å². The average Bonchev–Trinajstić information content (AvgIpc) is 3.02. The quantitative estimate of drug-likeness (QED) is 0.440. The van der Waals surface area contributed by atoms with E-state index in [-0.39, 0.29) is 24.7 Å². The monoisotopic (exact) mass is 406 g/mol. The number of amides is 2. The van der Waals surface area contributed by atoms with E-state index in [0.717, 1.165) is 11.1 Å². The Bertz CT molecular complexity index is 1100. The van der Waals surface area contributed by atoms with Crippen LogP contribution in [-0.2, 0) is 16.1 Å². The number of carbonyl (C=O) groups excluding carboxylic acids is 2. The maximum Gasteiger partial charge on any atom is 0.283 e. The SMILES string of the molecule is C=CCn1c(O)c(N=NC(=O)CNC(=O)COc2ccc(C)cc2)c2ccccc21. The molecule has 30 heavy (non-hydrogen) atoms. The van der Waals surface area contributed by atoms with Gasteiger partial charge >= 0.3 is 0 Å². The molecule has 8 heteroatoms. The number of aromatic hydroxyl groups is 1. The number of allylic oxidation sites excluding steroid dienone is 1. The molecule has 0 atom stereocenters. The van der Waals surface area contributed by atoms with Gasteiger partial charge < -0.3 is 19.7 Å². The fourth-order valence-electron chi connectivity index (χ4n) is 2.83. The molecule has 0 aliphatic rings. The van der Waals surface area contributed by atoms with Gasteiger partial charge in [0.2, 0.25) is 5.88 Å². The number of para-hydroxylation sites is 1. The van der Waals surface area contributed by atoms with Crippen molar-refractivity contribution in [3.63, 3.8) is 0 Å². The summed E-state index contributed by atoms with van der Waals surface area (Å²) in [5.74, 6) is -0.653. The van der Waals surface area contributed by atoms with Gasteiger partial charge in [-0.05, 0) is 25.1 Å². The minimum Gasteiger partial charge on any atom is -0.493 e. The van der Waals surface area contributed by atoms with Crippen LogP contribution < -0.4 is 10.1 Å². The number of nitrogens with zero attached hydrogens (tertiary/aromatic N) is 3. The summed E-state index contributed by atoms with van der Waals surface area (Å²) in [5, 5.41) is 21.0. The van der Waals surface area contributed by atoms with E-state index in [4.69, 9.17) is 4.74 Å². The molecule has 3 rings (SSSR count). The molecule has 0 aliphatic heterocycles. The zero-order valence-electron chi connectivity index (χ0n) is 16.5. The molecule has 2 amide bonds. The summed E-state index contributed by atoms with van der Waals surface area (Å²) < 4.78 is 6.97. The maximum absolute atomic E-state index is 12.0. The molecule has 1 aromatic heterocycles. The standard InChI is InChI=1S/C22H22N4O4/c1-3-12-26-18-7-5-4-6-17(18)21(22(26)29)25-24-19(27)13-23-20(28)14-30-16-10-8-15(2)9-11-16/h3-11,29H,1,12-14H2,2H3,(H,23,28). The minimum absolute atomic E-state index is 0.108. The number of carbonyl (C=O) groups is 2. The number of ether oxygens (including phenoxy) is 1. The number of nitrogens with one attached hydrogen (secondary N) is 1. The first-order valence-corrected chi connectivity index (χ1v) is 9.31. The molecular weight excluding hydrogens is 384 g/mol. The van der Waals surface area contributed by atoms with Gasteiger partial charge in [-0.25, -0.2) is 0 Å². The third kappa shape index (κ3) is 4.91. The molecule has 0 radical (unpaired) electrons. The van der Waals surface area contributed by atoms with Gasteiger partial charge in [0, 0.05) is 11.9 Å². The second-order valence-electron chi connectivity index (χ2n) is 6.56. The van der Waals surface area contributed by atoms with Crippen molar-refractivity contribution in [3.8, 4) is 11.6 Å². The molecule has 0 aliphatic carbocycles. The molecule has 0 bridgehead atoms. The molecule has 0 saturated carbocycles. The van der Waals surface area contributed by atoms with Crippen molar-refractivity contribution < 1.29 is 19.4 Å². The van der Waals surface area contributed by atoms with Crippen molar-refractivity contribution in [2.24, 2.45) is 10.2 Å². The Balaban J connectivity index is 1.58. The normalized spacial score (nSPS) is 11.0. The average molecular weight is 406 g/mol. The third-order valence-electron chi connectivity index (χ3n) is 4.32. The second-order valence-corrected chi connectivity index (χ2v) is 6.56. The van der Waals surface area contributed by atoms with Crippen molar-refractivity contribution in [2.75, 3.05) is 13.2 Å². The first kappa shape index (κ1) is 20.8. The highest BCUT2D eigenvalue weighted by molar-refractivity contribution is 5.95. The Hall–Kier alpha value is -3.94. The number of rotatable bonds is 8. The molecule has 0 saturated heterocycles. The predicted octanol–water partition coefficient (Wildman–Crippen LogP) is 3.65. The van der Waals surface area contributed by atoms with Crippen molar-refractivity contribution in [3.05, 3.63) is 66.7 Å². The highest BCUT2D eigenvalue weighted by Gasteiger charge is 2.16. The highest BCUT2D eigenvalue weighted by atomic mass is 16.5. The van der Waals surface area contributed by atoms with Crippen LogP contribution in [0, 0.1) is 6.92 Å². The highest BCUT2D eigenvalue weighted by Crippen LogP contribution is 2.38. The Morgan fingerprint density at radius 3 is 2.67 bits per heavy atom. The Kier molecular flexibility index (Phi) is 6.59. The lowest BCUT2D eigenvalue weighted by atomic mass is 10.2. The smallest absolute Gasteiger partial charge is 0.283 e. The fourth-order valence-corrected chi connectivity index (χ4v) is 2.83. The number of azo groups is 1. The summed E-state index contributed by atoms with van der Waals surface area (Å²) in [7, 11) is 0. The largest absolute Gasteiger partial charge is 0.493 e. The lowest BCUT2D eigenvalue weighted by molar-refractivity contribution is -0.126. The van der Waals surface area contributed by atoms with Crippen molar-refractivity contribution in [1.82, 2.24) is 9.88 Å². The van der Waals surface area contributed by atoms with E-state index in [1.54, 1.807) is 34.9 Å². The Morgan fingerprint density at radius 1 is 1.20 bits per heavy atom. The Labute approximate surface area is 173 Å². The number of benzene rings is 2. The molecule has 2 aromatic carbocycles. The van der Waals surface area contributed by atoms with Gasteiger partial charge in [-0.3, -0.25) is 9.59 Å². The van der Waals surface area contributed by atoms with E-state index in [9.17, 15) is 14.7 Å². The molecule has 0 fully saturated rings. The molecule has 8 nitrogen and oxygen atoms in total. The number of hydrogen-bond donors (Lipinski definition) is 2. The van der Waals surface area contributed by atoms with E-state index in [1.807, 2.05) is 31.2 Å². The van der Waals surface area contributed by atoms with Gasteiger partial charge in [-0.15, -0.1) is 16.8 Å². The van der Waals surface area contributed by atoms with Crippen molar-refractivity contribution >= 4 is 28.4 Å². The van der Waals surface area contributed by atoms with E-state index in [1.165, 1.54) is 0 Å². The van der Waals surface area contributed by atoms with Crippen LogP contribution in [0.25, 0.3) is 10.9 Å². The van der Waals surface area contributed by atoms with Gasteiger partial charge in [-0.1, -0.05) is 42.0 Å². The summed E-state index contributed by atoms with van der Waals surface area (Å²) in [6.07, 6.45) is 1.65. The zero-order chi connectivity index (χ0) is 21.5. The van der Waals surface area contributed by atoms with Gasteiger partial charge in [0.25, 0.3) is 11.8 Å². The van der Waals surface area contributed by atoms with E-state index >= 15 is 0 Å². The van der Waals surface area contributed by atoms with Crippen molar-refractivity contribution in [2.45, 2.75) is 13.5 Å². The van der Waals surface area contributed by atoms with Gasteiger partial charge in [-0.2, -0.15) is 0 Å². The number of fused-ring (bicyclic) bond motifs is 1. The fraction of sp³-hybridized carbons (Fsp3) is 0.182. The topological polar surface area (TPSA) is 105 Å². The lowest BCUT2D eigenvalue weighted by Crippen LogP contribution is -2.32. The first-order chi connectivity index (χ1) is 14.5. The van der Waals surface area contributed by atoms with Crippen LogP contribution in [0.4, 0.5) is 5.69 Å². The van der Waals surface area contributed by atoms with Crippen LogP contribution in [0.1, 0.15) is 5.56 Å². The van der Waals surface area contributed by atoms with Crippen LogP contribution in [0.5, 0.6) is 11.6 Å². The summed E-state index contributed by atoms with van der Waals surface area (Å²) in [6, 6.07) is 14.5. The molecule has 154 valence electrons. The molecular formula is C22H22N4O4. The van der Waals surface area contributed by atoms with E-state index < -0.39 is 11.8 Å². The molecule has 2 N–H and O–H groups in total. The Morgan fingerprint density at radius 2 is 1.93 bits per heavy atom. The van der Waals surface area contributed by atoms with Crippen molar-refractivity contribution in [1.29, 1.82) is 0 Å². The first-order valence-electron chi connectivity index (χ1n) is 9.31. The van der Waals surface area contributed by atoms with Gasteiger partial charge in [0.05, 0.1) is 5.52 Å². The maximum atomic E-state index is 12.0.